The van der Waals surface area contributed by atoms with Gasteiger partial charge >= 0.3 is 0 Å². The van der Waals surface area contributed by atoms with E-state index in [2.05, 4.69) is 67.8 Å². The maximum atomic E-state index is 5.03. The van der Waals surface area contributed by atoms with E-state index in [1.54, 1.807) is 0 Å². The van der Waals surface area contributed by atoms with Gasteiger partial charge in [0.25, 0.3) is 0 Å². The van der Waals surface area contributed by atoms with Crippen LogP contribution in [0, 0.1) is 0 Å². The van der Waals surface area contributed by atoms with Crippen molar-refractivity contribution in [1.29, 1.82) is 0 Å². The van der Waals surface area contributed by atoms with Gasteiger partial charge in [0.05, 0.1) is 11.9 Å². The van der Waals surface area contributed by atoms with Crippen molar-refractivity contribution in [2.45, 2.75) is 33.1 Å². The van der Waals surface area contributed by atoms with E-state index in [4.69, 9.17) is 10.1 Å². The second kappa shape index (κ2) is 6.97. The molecule has 3 aromatic rings. The molecule has 0 saturated carbocycles. The molecule has 0 radical (unpaired) electrons. The van der Waals surface area contributed by atoms with Crippen LogP contribution in [0.15, 0.2) is 42.6 Å². The van der Waals surface area contributed by atoms with Crippen LogP contribution in [0.1, 0.15) is 33.4 Å². The van der Waals surface area contributed by atoms with Crippen molar-refractivity contribution < 1.29 is 0 Å². The van der Waals surface area contributed by atoms with Crippen LogP contribution >= 0.6 is 0 Å². The van der Waals surface area contributed by atoms with Crippen molar-refractivity contribution in [3.8, 4) is 11.1 Å². The van der Waals surface area contributed by atoms with Crippen molar-refractivity contribution in [2.75, 3.05) is 37.6 Å². The lowest BCUT2D eigenvalue weighted by molar-refractivity contribution is 0.270. The van der Waals surface area contributed by atoms with Crippen molar-refractivity contribution >= 4 is 11.5 Å². The fraction of sp³-hybridized carbons (Fsp3) is 0.455. The molecule has 0 bridgehead atoms. The molecule has 2 aromatic heterocycles. The van der Waals surface area contributed by atoms with E-state index in [-0.39, 0.29) is 5.41 Å². The van der Waals surface area contributed by atoms with E-state index in [1.165, 1.54) is 0 Å². The first-order valence-electron chi connectivity index (χ1n) is 9.89. The van der Waals surface area contributed by atoms with Crippen molar-refractivity contribution in [1.82, 2.24) is 19.5 Å². The first kappa shape index (κ1) is 18.0. The summed E-state index contributed by atoms with van der Waals surface area (Å²) in [6.07, 6.45) is 1.95. The molecule has 0 aliphatic carbocycles. The summed E-state index contributed by atoms with van der Waals surface area (Å²) in [6.45, 7) is 14.3. The molecule has 3 heterocycles. The van der Waals surface area contributed by atoms with Crippen LogP contribution in [0.5, 0.6) is 0 Å². The monoisotopic (exact) mass is 363 g/mol. The summed E-state index contributed by atoms with van der Waals surface area (Å²) < 4.78 is 2.03. The summed E-state index contributed by atoms with van der Waals surface area (Å²) in [7, 11) is 0. The van der Waals surface area contributed by atoms with Gasteiger partial charge in [-0.3, -0.25) is 0 Å². The molecule has 1 saturated heterocycles. The molecule has 0 amide bonds. The number of rotatable bonds is 3. The number of benzene rings is 1. The third-order valence-electron chi connectivity index (χ3n) is 5.45. The smallest absolute Gasteiger partial charge is 0.165 e. The molecular formula is C22H29N5. The molecule has 27 heavy (non-hydrogen) atoms. The number of anilines is 1. The zero-order chi connectivity index (χ0) is 19.0. The van der Waals surface area contributed by atoms with Crippen LogP contribution in [-0.2, 0) is 5.41 Å². The normalized spacial score (nSPS) is 16.2. The molecule has 4 rings (SSSR count). The predicted molar refractivity (Wildman–Crippen MR) is 111 cm³/mol. The highest BCUT2D eigenvalue weighted by Gasteiger charge is 2.24. The first-order valence-corrected chi connectivity index (χ1v) is 9.89. The zero-order valence-corrected chi connectivity index (χ0v) is 16.8. The third kappa shape index (κ3) is 3.44. The van der Waals surface area contributed by atoms with E-state index >= 15 is 0 Å². The Bertz CT molecular complexity index is 915. The molecule has 5 heteroatoms. The SMILES string of the molecule is CCN1CCN(c2cc(C(C)(C)C)nc3c(-c4ccccc4)cnn23)CC1. The van der Waals surface area contributed by atoms with Crippen LogP contribution in [-0.4, -0.2) is 52.2 Å². The molecule has 142 valence electrons. The molecule has 1 aromatic carbocycles. The number of hydrogen-bond acceptors (Lipinski definition) is 4. The molecule has 1 fully saturated rings. The number of likely N-dealkylation sites (N-methyl/N-ethyl adjacent to an activating group) is 1. The Morgan fingerprint density at radius 1 is 1.00 bits per heavy atom. The van der Waals surface area contributed by atoms with E-state index in [0.717, 1.165) is 61.0 Å². The number of aromatic nitrogens is 3. The Kier molecular flexibility index (Phi) is 4.64. The second-order valence-corrected chi connectivity index (χ2v) is 8.33. The average molecular weight is 364 g/mol. The molecule has 1 aliphatic heterocycles. The molecule has 0 N–H and O–H groups in total. The van der Waals surface area contributed by atoms with Gasteiger partial charge in [-0.05, 0) is 12.1 Å². The highest BCUT2D eigenvalue weighted by Crippen LogP contribution is 2.31. The lowest BCUT2D eigenvalue weighted by atomic mass is 9.91. The lowest BCUT2D eigenvalue weighted by Crippen LogP contribution is -2.46. The number of nitrogens with zero attached hydrogens (tertiary/aromatic N) is 5. The maximum absolute atomic E-state index is 5.03. The lowest BCUT2D eigenvalue weighted by Gasteiger charge is -2.36. The minimum Gasteiger partial charge on any atom is -0.354 e. The summed E-state index contributed by atoms with van der Waals surface area (Å²) in [5, 5.41) is 4.73. The summed E-state index contributed by atoms with van der Waals surface area (Å²) in [6, 6.07) is 12.7. The van der Waals surface area contributed by atoms with Crippen LogP contribution in [0.4, 0.5) is 5.82 Å². The van der Waals surface area contributed by atoms with E-state index < -0.39 is 0 Å². The molecule has 1 aliphatic rings. The van der Waals surface area contributed by atoms with E-state index in [1.807, 2.05) is 16.8 Å². The number of fused-ring (bicyclic) bond motifs is 1. The van der Waals surface area contributed by atoms with Crippen molar-refractivity contribution in [2.24, 2.45) is 0 Å². The minimum absolute atomic E-state index is 0.0139. The van der Waals surface area contributed by atoms with E-state index in [0.29, 0.717) is 0 Å². The number of hydrogen-bond donors (Lipinski definition) is 0. The van der Waals surface area contributed by atoms with Crippen LogP contribution < -0.4 is 4.90 Å². The van der Waals surface area contributed by atoms with Crippen LogP contribution in [0.3, 0.4) is 0 Å². The van der Waals surface area contributed by atoms with Crippen LogP contribution in [0.2, 0.25) is 0 Å². The van der Waals surface area contributed by atoms with Gasteiger partial charge in [-0.2, -0.15) is 9.61 Å². The summed E-state index contributed by atoms with van der Waals surface area (Å²) >= 11 is 0. The Morgan fingerprint density at radius 3 is 2.33 bits per heavy atom. The molecule has 0 atom stereocenters. The topological polar surface area (TPSA) is 36.7 Å². The second-order valence-electron chi connectivity index (χ2n) is 8.33. The summed E-state index contributed by atoms with van der Waals surface area (Å²) in [4.78, 5) is 9.99. The largest absolute Gasteiger partial charge is 0.354 e. The fourth-order valence-electron chi connectivity index (χ4n) is 3.67. The highest BCUT2D eigenvalue weighted by atomic mass is 15.4. The zero-order valence-electron chi connectivity index (χ0n) is 16.8. The van der Waals surface area contributed by atoms with E-state index in [9.17, 15) is 0 Å². The molecular weight excluding hydrogens is 334 g/mol. The van der Waals surface area contributed by atoms with Gasteiger partial charge in [0.15, 0.2) is 5.65 Å². The average Bonchev–Trinajstić information content (AvgIpc) is 3.11. The quantitative estimate of drug-likeness (QED) is 0.708. The highest BCUT2D eigenvalue weighted by molar-refractivity contribution is 5.78. The Balaban J connectivity index is 1.84. The predicted octanol–water partition coefficient (Wildman–Crippen LogP) is 3.84. The van der Waals surface area contributed by atoms with Gasteiger partial charge in [0, 0.05) is 43.2 Å². The molecule has 0 spiro atoms. The van der Waals surface area contributed by atoms with Gasteiger partial charge in [-0.25, -0.2) is 4.98 Å². The summed E-state index contributed by atoms with van der Waals surface area (Å²) in [5.74, 6) is 1.16. The summed E-state index contributed by atoms with van der Waals surface area (Å²) in [5.41, 5.74) is 4.30. The van der Waals surface area contributed by atoms with Crippen molar-refractivity contribution in [3.05, 3.63) is 48.3 Å². The number of piperazine rings is 1. The van der Waals surface area contributed by atoms with Gasteiger partial charge in [0.2, 0.25) is 0 Å². The Labute approximate surface area is 161 Å². The van der Waals surface area contributed by atoms with Crippen LogP contribution in [0.25, 0.3) is 16.8 Å². The van der Waals surface area contributed by atoms with Crippen molar-refractivity contribution in [3.63, 3.8) is 0 Å². The third-order valence-corrected chi connectivity index (χ3v) is 5.45. The van der Waals surface area contributed by atoms with Gasteiger partial charge in [0.1, 0.15) is 5.82 Å². The first-order chi connectivity index (χ1) is 13.0. The maximum Gasteiger partial charge on any atom is 0.165 e. The Hall–Kier alpha value is -2.40. The molecule has 5 nitrogen and oxygen atoms in total. The standard InChI is InChI=1S/C22H29N5/c1-5-25-11-13-26(14-12-25)20-15-19(22(2,3)4)24-21-18(16-23-27(20)21)17-9-7-6-8-10-17/h6-10,15-16H,5,11-14H2,1-4H3. The molecule has 0 unspecified atom stereocenters. The minimum atomic E-state index is -0.0139. The van der Waals surface area contributed by atoms with Gasteiger partial charge in [-0.1, -0.05) is 58.0 Å². The Morgan fingerprint density at radius 2 is 1.70 bits per heavy atom. The van der Waals surface area contributed by atoms with Gasteiger partial charge < -0.3 is 9.80 Å². The van der Waals surface area contributed by atoms with Gasteiger partial charge in [-0.15, -0.1) is 0 Å². The fourth-order valence-corrected chi connectivity index (χ4v) is 3.67.